The Bertz CT molecular complexity index is 912. The molecule has 0 fully saturated rings. The summed E-state index contributed by atoms with van der Waals surface area (Å²) in [4.78, 5) is 0. The molecule has 0 aliphatic carbocycles. The Hall–Kier alpha value is -2.31. The van der Waals surface area contributed by atoms with Crippen molar-refractivity contribution in [3.8, 4) is 17.1 Å². The molecule has 0 atom stereocenters. The van der Waals surface area contributed by atoms with E-state index in [1.807, 2.05) is 28.8 Å². The molecule has 0 N–H and O–H groups in total. The SMILES string of the molecule is C=CCn1c(SCc2ccc(F)cc2Cl)nnc1-c1ccc(OC)cc1. The number of rotatable bonds is 7. The Balaban J connectivity index is 1.85. The molecular formula is C19H17ClFN3OS. The van der Waals surface area contributed by atoms with Gasteiger partial charge >= 0.3 is 0 Å². The molecule has 4 nitrogen and oxygen atoms in total. The molecule has 0 radical (unpaired) electrons. The number of allylic oxidation sites excluding steroid dienone is 1. The highest BCUT2D eigenvalue weighted by atomic mass is 35.5. The lowest BCUT2D eigenvalue weighted by atomic mass is 10.2. The molecule has 0 aliphatic heterocycles. The first-order valence-electron chi connectivity index (χ1n) is 7.87. The molecule has 0 aliphatic rings. The maximum atomic E-state index is 13.2. The largest absolute Gasteiger partial charge is 0.497 e. The summed E-state index contributed by atoms with van der Waals surface area (Å²) in [6, 6.07) is 12.0. The molecule has 0 spiro atoms. The van der Waals surface area contributed by atoms with E-state index in [1.54, 1.807) is 19.3 Å². The predicted molar refractivity (Wildman–Crippen MR) is 103 cm³/mol. The fourth-order valence-electron chi connectivity index (χ4n) is 2.42. The lowest BCUT2D eigenvalue weighted by Gasteiger charge is -2.09. The number of ether oxygens (including phenoxy) is 1. The van der Waals surface area contributed by atoms with E-state index in [0.29, 0.717) is 17.3 Å². The van der Waals surface area contributed by atoms with Crippen molar-refractivity contribution >= 4 is 23.4 Å². The van der Waals surface area contributed by atoms with Gasteiger partial charge in [-0.15, -0.1) is 16.8 Å². The average Bonchev–Trinajstić information content (AvgIpc) is 3.04. The minimum Gasteiger partial charge on any atom is -0.497 e. The van der Waals surface area contributed by atoms with Crippen molar-refractivity contribution in [2.45, 2.75) is 17.5 Å². The van der Waals surface area contributed by atoms with Gasteiger partial charge in [0.25, 0.3) is 0 Å². The number of methoxy groups -OCH3 is 1. The summed E-state index contributed by atoms with van der Waals surface area (Å²) in [6.07, 6.45) is 1.80. The van der Waals surface area contributed by atoms with Crippen molar-refractivity contribution in [1.82, 2.24) is 14.8 Å². The van der Waals surface area contributed by atoms with E-state index in [2.05, 4.69) is 16.8 Å². The second kappa shape index (κ2) is 8.38. The Labute approximate surface area is 160 Å². The van der Waals surface area contributed by atoms with Crippen LogP contribution in [0.5, 0.6) is 5.75 Å². The van der Waals surface area contributed by atoms with Gasteiger partial charge in [0.1, 0.15) is 11.6 Å². The highest BCUT2D eigenvalue weighted by Crippen LogP contribution is 2.29. The van der Waals surface area contributed by atoms with Gasteiger partial charge in [-0.1, -0.05) is 35.5 Å². The van der Waals surface area contributed by atoms with E-state index in [1.165, 1.54) is 23.9 Å². The van der Waals surface area contributed by atoms with Gasteiger partial charge in [-0.3, -0.25) is 4.57 Å². The summed E-state index contributed by atoms with van der Waals surface area (Å²) in [5, 5.41) is 9.77. The quantitative estimate of drug-likeness (QED) is 0.410. The minimum atomic E-state index is -0.347. The Morgan fingerprint density at radius 1 is 1.23 bits per heavy atom. The van der Waals surface area contributed by atoms with Gasteiger partial charge in [-0.2, -0.15) is 0 Å². The number of nitrogens with zero attached hydrogens (tertiary/aromatic N) is 3. The standard InChI is InChI=1S/C19H17ClFN3OS/c1-3-10-24-18(13-5-8-16(25-2)9-6-13)22-23-19(24)26-12-14-4-7-15(21)11-17(14)20/h3-9,11H,1,10,12H2,2H3. The topological polar surface area (TPSA) is 39.9 Å². The van der Waals surface area contributed by atoms with E-state index in [9.17, 15) is 4.39 Å². The zero-order chi connectivity index (χ0) is 18.5. The molecule has 0 unspecified atom stereocenters. The van der Waals surface area contributed by atoms with E-state index in [0.717, 1.165) is 27.9 Å². The molecule has 2 aromatic carbocycles. The van der Waals surface area contributed by atoms with Crippen molar-refractivity contribution in [3.05, 3.63) is 71.5 Å². The summed E-state index contributed by atoms with van der Waals surface area (Å²) in [5.74, 6) is 1.75. The van der Waals surface area contributed by atoms with Crippen molar-refractivity contribution in [2.75, 3.05) is 7.11 Å². The highest BCUT2D eigenvalue weighted by Gasteiger charge is 2.14. The van der Waals surface area contributed by atoms with Gasteiger partial charge in [0.15, 0.2) is 11.0 Å². The van der Waals surface area contributed by atoms with Gasteiger partial charge in [-0.25, -0.2) is 4.39 Å². The fourth-order valence-corrected chi connectivity index (χ4v) is 3.69. The van der Waals surface area contributed by atoms with Crippen LogP contribution >= 0.6 is 23.4 Å². The highest BCUT2D eigenvalue weighted by molar-refractivity contribution is 7.98. The van der Waals surface area contributed by atoms with Crippen LogP contribution in [0.25, 0.3) is 11.4 Å². The number of hydrogen-bond acceptors (Lipinski definition) is 4. The fraction of sp³-hybridized carbons (Fsp3) is 0.158. The van der Waals surface area contributed by atoms with Crippen LogP contribution in [0.3, 0.4) is 0 Å². The summed E-state index contributed by atoms with van der Waals surface area (Å²) >= 11 is 7.60. The van der Waals surface area contributed by atoms with Crippen LogP contribution in [-0.2, 0) is 12.3 Å². The molecule has 134 valence electrons. The van der Waals surface area contributed by atoms with Gasteiger partial charge in [0, 0.05) is 22.9 Å². The summed E-state index contributed by atoms with van der Waals surface area (Å²) in [5.41, 5.74) is 1.78. The van der Waals surface area contributed by atoms with E-state index < -0.39 is 0 Å². The maximum absolute atomic E-state index is 13.2. The van der Waals surface area contributed by atoms with Crippen LogP contribution in [0.15, 0.2) is 60.3 Å². The van der Waals surface area contributed by atoms with Gasteiger partial charge in [-0.05, 0) is 42.0 Å². The molecule has 1 heterocycles. The first-order chi connectivity index (χ1) is 12.6. The summed E-state index contributed by atoms with van der Waals surface area (Å²) < 4.78 is 20.4. The van der Waals surface area contributed by atoms with Crippen molar-refractivity contribution in [1.29, 1.82) is 0 Å². The smallest absolute Gasteiger partial charge is 0.192 e. The van der Waals surface area contributed by atoms with Crippen molar-refractivity contribution in [2.24, 2.45) is 0 Å². The normalized spacial score (nSPS) is 10.7. The van der Waals surface area contributed by atoms with E-state index >= 15 is 0 Å². The van der Waals surface area contributed by atoms with Crippen LogP contribution < -0.4 is 4.74 Å². The zero-order valence-corrected chi connectivity index (χ0v) is 15.7. The van der Waals surface area contributed by atoms with Gasteiger partial charge in [0.2, 0.25) is 0 Å². The van der Waals surface area contributed by atoms with Crippen LogP contribution in [0, 0.1) is 5.82 Å². The number of halogens is 2. The summed E-state index contributed by atoms with van der Waals surface area (Å²) in [6.45, 7) is 4.39. The number of thioether (sulfide) groups is 1. The minimum absolute atomic E-state index is 0.347. The first kappa shape index (κ1) is 18.5. The van der Waals surface area contributed by atoms with Crippen LogP contribution in [0.2, 0.25) is 5.02 Å². The number of benzene rings is 2. The van der Waals surface area contributed by atoms with E-state index in [4.69, 9.17) is 16.3 Å². The molecule has 7 heteroatoms. The third kappa shape index (κ3) is 4.08. The molecule has 0 amide bonds. The number of aromatic nitrogens is 3. The summed E-state index contributed by atoms with van der Waals surface area (Å²) in [7, 11) is 1.63. The van der Waals surface area contributed by atoms with Crippen LogP contribution in [0.1, 0.15) is 5.56 Å². The zero-order valence-electron chi connectivity index (χ0n) is 14.2. The molecule has 0 bridgehead atoms. The van der Waals surface area contributed by atoms with Crippen LogP contribution in [-0.4, -0.2) is 21.9 Å². The maximum Gasteiger partial charge on any atom is 0.192 e. The first-order valence-corrected chi connectivity index (χ1v) is 9.24. The molecule has 1 aromatic heterocycles. The molecule has 3 aromatic rings. The van der Waals surface area contributed by atoms with Crippen LogP contribution in [0.4, 0.5) is 4.39 Å². The molecule has 0 saturated heterocycles. The molecule has 0 saturated carbocycles. The molecule has 3 rings (SSSR count). The molecule has 26 heavy (non-hydrogen) atoms. The van der Waals surface area contributed by atoms with E-state index in [-0.39, 0.29) is 5.82 Å². The number of hydrogen-bond donors (Lipinski definition) is 0. The third-order valence-corrected chi connectivity index (χ3v) is 5.12. The lowest BCUT2D eigenvalue weighted by Crippen LogP contribution is -2.01. The Morgan fingerprint density at radius 2 is 2.00 bits per heavy atom. The molecular weight excluding hydrogens is 373 g/mol. The predicted octanol–water partition coefficient (Wildman–Crippen LogP) is 5.22. The monoisotopic (exact) mass is 389 g/mol. The average molecular weight is 390 g/mol. The third-order valence-electron chi connectivity index (χ3n) is 3.75. The van der Waals surface area contributed by atoms with Crippen molar-refractivity contribution in [3.63, 3.8) is 0 Å². The second-order valence-electron chi connectivity index (χ2n) is 5.46. The Kier molecular flexibility index (Phi) is 5.96. The van der Waals surface area contributed by atoms with Gasteiger partial charge in [0.05, 0.1) is 7.11 Å². The second-order valence-corrected chi connectivity index (χ2v) is 6.81. The van der Waals surface area contributed by atoms with Crippen molar-refractivity contribution < 1.29 is 9.13 Å². The lowest BCUT2D eigenvalue weighted by molar-refractivity contribution is 0.415. The van der Waals surface area contributed by atoms with Gasteiger partial charge < -0.3 is 4.74 Å². The Morgan fingerprint density at radius 3 is 2.65 bits per heavy atom.